The molecule has 1 amide bonds. The number of amides is 1. The molecule has 1 heterocycles. The third-order valence-corrected chi connectivity index (χ3v) is 4.55. The summed E-state index contributed by atoms with van der Waals surface area (Å²) in [7, 11) is 1.95. The second-order valence-corrected chi connectivity index (χ2v) is 6.48. The zero-order valence-corrected chi connectivity index (χ0v) is 15.3. The van der Waals surface area contributed by atoms with E-state index in [-0.39, 0.29) is 24.8 Å². The highest BCUT2D eigenvalue weighted by Crippen LogP contribution is 2.21. The topological polar surface area (TPSA) is 73.2 Å². The molecule has 0 atom stereocenters. The number of aryl methyl sites for hydroxylation is 1. The summed E-state index contributed by atoms with van der Waals surface area (Å²) in [6.07, 6.45) is 4.64. The minimum absolute atomic E-state index is 0.181. The second kappa shape index (κ2) is 9.88. The zero-order valence-electron chi connectivity index (χ0n) is 14.5. The number of carbonyl (C=O) groups is 2. The van der Waals surface area contributed by atoms with E-state index in [1.165, 1.54) is 0 Å². The second-order valence-electron chi connectivity index (χ2n) is 5.54. The molecule has 0 unspecified atom stereocenters. The van der Waals surface area contributed by atoms with Crippen LogP contribution in [0.25, 0.3) is 0 Å². The predicted molar refractivity (Wildman–Crippen MR) is 97.4 cm³/mol. The van der Waals surface area contributed by atoms with Gasteiger partial charge in [-0.3, -0.25) is 9.59 Å². The number of thioether (sulfide) groups is 1. The van der Waals surface area contributed by atoms with Crippen LogP contribution in [0.3, 0.4) is 0 Å². The molecule has 1 aromatic heterocycles. The highest BCUT2D eigenvalue weighted by molar-refractivity contribution is 7.98. The third kappa shape index (κ3) is 6.26. The van der Waals surface area contributed by atoms with Gasteiger partial charge in [-0.05, 0) is 24.1 Å². The Bertz CT molecular complexity index is 715. The standard InChI is InChI=1S/C18H23N3O3S/c1-3-11-24-16(22)7-8-19-17(23)15-6-4-5-14(12-15)13-25-18-20-9-10-21(18)2/h4-6,9-10,12H,3,7-8,11,13H2,1-2H3,(H,19,23). The molecule has 0 aliphatic rings. The Balaban J connectivity index is 1.82. The lowest BCUT2D eigenvalue weighted by atomic mass is 10.1. The first-order chi connectivity index (χ1) is 12.1. The van der Waals surface area contributed by atoms with Crippen LogP contribution in [0.4, 0.5) is 0 Å². The van der Waals surface area contributed by atoms with Gasteiger partial charge in [0, 0.05) is 37.3 Å². The van der Waals surface area contributed by atoms with E-state index in [0.717, 1.165) is 22.9 Å². The van der Waals surface area contributed by atoms with Gasteiger partial charge in [-0.25, -0.2) is 4.98 Å². The Morgan fingerprint density at radius 3 is 2.92 bits per heavy atom. The van der Waals surface area contributed by atoms with E-state index in [4.69, 9.17) is 4.74 Å². The van der Waals surface area contributed by atoms with Gasteiger partial charge in [0.2, 0.25) is 0 Å². The first-order valence-corrected chi connectivity index (χ1v) is 9.21. The van der Waals surface area contributed by atoms with E-state index in [0.29, 0.717) is 12.2 Å². The molecule has 0 aliphatic heterocycles. The fourth-order valence-corrected chi connectivity index (χ4v) is 2.98. The Morgan fingerprint density at radius 2 is 2.20 bits per heavy atom. The van der Waals surface area contributed by atoms with Crippen molar-refractivity contribution in [2.45, 2.75) is 30.7 Å². The number of aromatic nitrogens is 2. The molecule has 0 fully saturated rings. The van der Waals surface area contributed by atoms with E-state index >= 15 is 0 Å². The number of nitrogens with one attached hydrogen (secondary N) is 1. The Hall–Kier alpha value is -2.28. The summed E-state index contributed by atoms with van der Waals surface area (Å²) >= 11 is 1.62. The maximum atomic E-state index is 12.2. The highest BCUT2D eigenvalue weighted by Gasteiger charge is 2.09. The monoisotopic (exact) mass is 361 g/mol. The lowest BCUT2D eigenvalue weighted by Crippen LogP contribution is -2.26. The molecule has 134 valence electrons. The molecule has 1 aromatic carbocycles. The highest BCUT2D eigenvalue weighted by atomic mass is 32.2. The minimum Gasteiger partial charge on any atom is -0.466 e. The molecule has 0 saturated heterocycles. The predicted octanol–water partition coefficient (Wildman–Crippen LogP) is 2.79. The van der Waals surface area contributed by atoms with Gasteiger partial charge >= 0.3 is 5.97 Å². The summed E-state index contributed by atoms with van der Waals surface area (Å²) in [5.74, 6) is 0.254. The molecule has 0 spiro atoms. The molecule has 7 heteroatoms. The first-order valence-electron chi connectivity index (χ1n) is 8.23. The zero-order chi connectivity index (χ0) is 18.1. The SMILES string of the molecule is CCCOC(=O)CCNC(=O)c1cccc(CSc2nccn2C)c1. The Kier molecular flexibility index (Phi) is 7.53. The number of esters is 1. The van der Waals surface area contributed by atoms with Crippen LogP contribution >= 0.6 is 11.8 Å². The fraction of sp³-hybridized carbons (Fsp3) is 0.389. The van der Waals surface area contributed by atoms with Gasteiger partial charge < -0.3 is 14.6 Å². The van der Waals surface area contributed by atoms with Crippen LogP contribution in [0, 0.1) is 0 Å². The van der Waals surface area contributed by atoms with Crippen LogP contribution in [0.2, 0.25) is 0 Å². The maximum Gasteiger partial charge on any atom is 0.307 e. The average Bonchev–Trinajstić information content (AvgIpc) is 3.03. The van der Waals surface area contributed by atoms with Crippen LogP contribution in [-0.2, 0) is 22.3 Å². The minimum atomic E-state index is -0.289. The molecular weight excluding hydrogens is 338 g/mol. The molecular formula is C18H23N3O3S. The van der Waals surface area contributed by atoms with Crippen molar-refractivity contribution in [1.29, 1.82) is 0 Å². The van der Waals surface area contributed by atoms with Crippen molar-refractivity contribution in [3.63, 3.8) is 0 Å². The largest absolute Gasteiger partial charge is 0.466 e. The lowest BCUT2D eigenvalue weighted by Gasteiger charge is -2.07. The van der Waals surface area contributed by atoms with Gasteiger partial charge in [-0.15, -0.1) is 0 Å². The third-order valence-electron chi connectivity index (χ3n) is 3.42. The lowest BCUT2D eigenvalue weighted by molar-refractivity contribution is -0.143. The molecule has 0 saturated carbocycles. The summed E-state index contributed by atoms with van der Waals surface area (Å²) in [5.41, 5.74) is 1.63. The van der Waals surface area contributed by atoms with Gasteiger partial charge in [0.1, 0.15) is 0 Å². The molecule has 0 aliphatic carbocycles. The normalized spacial score (nSPS) is 10.5. The quantitative estimate of drug-likeness (QED) is 0.549. The molecule has 0 radical (unpaired) electrons. The van der Waals surface area contributed by atoms with Crippen molar-refractivity contribution in [3.05, 3.63) is 47.8 Å². The van der Waals surface area contributed by atoms with Crippen LogP contribution < -0.4 is 5.32 Å². The van der Waals surface area contributed by atoms with Crippen LogP contribution in [-0.4, -0.2) is 34.6 Å². The van der Waals surface area contributed by atoms with Crippen molar-refractivity contribution in [2.75, 3.05) is 13.2 Å². The number of benzene rings is 1. The van der Waals surface area contributed by atoms with Gasteiger partial charge in [-0.2, -0.15) is 0 Å². The van der Waals surface area contributed by atoms with E-state index in [1.807, 2.05) is 42.9 Å². The van der Waals surface area contributed by atoms with Crippen molar-refractivity contribution < 1.29 is 14.3 Å². The number of hydrogen-bond acceptors (Lipinski definition) is 5. The van der Waals surface area contributed by atoms with E-state index in [2.05, 4.69) is 10.3 Å². The van der Waals surface area contributed by atoms with Crippen LogP contribution in [0.1, 0.15) is 35.7 Å². The Labute approximate surface area is 152 Å². The van der Waals surface area contributed by atoms with Gasteiger partial charge in [0.15, 0.2) is 5.16 Å². The number of ether oxygens (including phenoxy) is 1. The van der Waals surface area contributed by atoms with Gasteiger partial charge in [-0.1, -0.05) is 30.8 Å². The molecule has 2 aromatic rings. The van der Waals surface area contributed by atoms with Gasteiger partial charge in [0.25, 0.3) is 5.91 Å². The van der Waals surface area contributed by atoms with E-state index in [1.54, 1.807) is 24.0 Å². The van der Waals surface area contributed by atoms with E-state index < -0.39 is 0 Å². The summed E-state index contributed by atoms with van der Waals surface area (Å²) < 4.78 is 6.93. The first kappa shape index (κ1) is 19.1. The number of nitrogens with zero attached hydrogens (tertiary/aromatic N) is 2. The van der Waals surface area contributed by atoms with Crippen molar-refractivity contribution in [1.82, 2.24) is 14.9 Å². The smallest absolute Gasteiger partial charge is 0.307 e. The summed E-state index contributed by atoms with van der Waals surface area (Å²) in [5, 5.41) is 3.68. The summed E-state index contributed by atoms with van der Waals surface area (Å²) in [4.78, 5) is 27.9. The Morgan fingerprint density at radius 1 is 1.36 bits per heavy atom. The molecule has 2 rings (SSSR count). The number of carbonyl (C=O) groups excluding carboxylic acids is 2. The van der Waals surface area contributed by atoms with E-state index in [9.17, 15) is 9.59 Å². The van der Waals surface area contributed by atoms with Crippen LogP contribution in [0.15, 0.2) is 41.8 Å². The van der Waals surface area contributed by atoms with Crippen molar-refractivity contribution >= 4 is 23.6 Å². The average molecular weight is 361 g/mol. The fourth-order valence-electron chi connectivity index (χ4n) is 2.11. The molecule has 25 heavy (non-hydrogen) atoms. The van der Waals surface area contributed by atoms with Gasteiger partial charge in [0.05, 0.1) is 13.0 Å². The number of rotatable bonds is 9. The van der Waals surface area contributed by atoms with Crippen LogP contribution in [0.5, 0.6) is 0 Å². The van der Waals surface area contributed by atoms with Crippen molar-refractivity contribution in [3.8, 4) is 0 Å². The van der Waals surface area contributed by atoms with Crippen molar-refractivity contribution in [2.24, 2.45) is 7.05 Å². The summed E-state index contributed by atoms with van der Waals surface area (Å²) in [6.45, 7) is 2.63. The molecule has 1 N–H and O–H groups in total. The number of hydrogen-bond donors (Lipinski definition) is 1. The molecule has 6 nitrogen and oxygen atoms in total. The molecule has 0 bridgehead atoms. The maximum absolute atomic E-state index is 12.2. The summed E-state index contributed by atoms with van der Waals surface area (Å²) in [6, 6.07) is 7.47. The number of imidazole rings is 1.